The Labute approximate surface area is 104 Å². The van der Waals surface area contributed by atoms with Crippen molar-refractivity contribution in [2.24, 2.45) is 5.92 Å². The smallest absolute Gasteiger partial charge is 0.354 e. The summed E-state index contributed by atoms with van der Waals surface area (Å²) in [5.41, 5.74) is -0.00718. The van der Waals surface area contributed by atoms with E-state index in [2.05, 4.69) is 4.98 Å². The highest BCUT2D eigenvalue weighted by atomic mass is 16.4. The lowest BCUT2D eigenvalue weighted by molar-refractivity contribution is 0.0690. The molecular weight excluding hydrogens is 236 g/mol. The Hall–Kier alpha value is -1.95. The first kappa shape index (κ1) is 12.5. The third kappa shape index (κ3) is 2.48. The van der Waals surface area contributed by atoms with Crippen molar-refractivity contribution in [2.75, 3.05) is 19.7 Å². The van der Waals surface area contributed by atoms with Crippen LogP contribution in [0.4, 0.5) is 0 Å². The van der Waals surface area contributed by atoms with Crippen molar-refractivity contribution in [1.82, 2.24) is 9.88 Å². The molecule has 1 atom stereocenters. The van der Waals surface area contributed by atoms with E-state index in [1.807, 2.05) is 0 Å². The highest BCUT2D eigenvalue weighted by Gasteiger charge is 2.27. The molecule has 0 aromatic carbocycles. The van der Waals surface area contributed by atoms with Gasteiger partial charge in [0.2, 0.25) is 0 Å². The first-order valence-electron chi connectivity index (χ1n) is 5.72. The maximum Gasteiger partial charge on any atom is 0.354 e. The van der Waals surface area contributed by atoms with Crippen LogP contribution in [-0.2, 0) is 0 Å². The maximum absolute atomic E-state index is 12.1. The molecule has 1 fully saturated rings. The molecule has 0 radical (unpaired) electrons. The number of hydrogen-bond donors (Lipinski definition) is 2. The third-order valence-corrected chi connectivity index (χ3v) is 3.02. The summed E-state index contributed by atoms with van der Waals surface area (Å²) in [6, 6.07) is 4.35. The number of nitrogens with zero attached hydrogens (tertiary/aromatic N) is 2. The van der Waals surface area contributed by atoms with Crippen molar-refractivity contribution in [3.8, 4) is 0 Å². The first-order chi connectivity index (χ1) is 8.61. The van der Waals surface area contributed by atoms with Crippen LogP contribution in [0.1, 0.15) is 27.4 Å². The van der Waals surface area contributed by atoms with E-state index < -0.39 is 5.97 Å². The van der Waals surface area contributed by atoms with Crippen molar-refractivity contribution >= 4 is 11.9 Å². The van der Waals surface area contributed by atoms with Gasteiger partial charge in [0.15, 0.2) is 0 Å². The van der Waals surface area contributed by atoms with Gasteiger partial charge in [-0.05, 0) is 18.6 Å². The predicted octanol–water partition coefficient (Wildman–Crippen LogP) is 0.234. The number of carbonyl (C=O) groups excluding carboxylic acids is 1. The molecule has 1 unspecified atom stereocenters. The molecule has 0 spiro atoms. The van der Waals surface area contributed by atoms with Crippen LogP contribution >= 0.6 is 0 Å². The Morgan fingerprint density at radius 1 is 1.39 bits per heavy atom. The largest absolute Gasteiger partial charge is 0.477 e. The molecule has 6 nitrogen and oxygen atoms in total. The number of pyridine rings is 1. The van der Waals surface area contributed by atoms with Gasteiger partial charge in [-0.3, -0.25) is 4.79 Å². The minimum Gasteiger partial charge on any atom is -0.477 e. The summed E-state index contributed by atoms with van der Waals surface area (Å²) in [5.74, 6) is -1.33. The number of aromatic nitrogens is 1. The van der Waals surface area contributed by atoms with Crippen LogP contribution in [0.2, 0.25) is 0 Å². The van der Waals surface area contributed by atoms with Crippen LogP contribution in [0.15, 0.2) is 18.2 Å². The fourth-order valence-corrected chi connectivity index (χ4v) is 2.00. The Morgan fingerprint density at radius 2 is 2.11 bits per heavy atom. The van der Waals surface area contributed by atoms with E-state index >= 15 is 0 Å². The second kappa shape index (κ2) is 5.14. The molecule has 1 aromatic rings. The number of rotatable bonds is 3. The zero-order valence-corrected chi connectivity index (χ0v) is 9.74. The van der Waals surface area contributed by atoms with Crippen molar-refractivity contribution in [1.29, 1.82) is 0 Å². The van der Waals surface area contributed by atoms with Crippen LogP contribution < -0.4 is 0 Å². The SMILES string of the molecule is O=C(O)c1cccc(C(=O)N2CCC(CO)C2)n1. The van der Waals surface area contributed by atoms with Gasteiger partial charge in [0.25, 0.3) is 5.91 Å². The van der Waals surface area contributed by atoms with Crippen LogP contribution in [0.25, 0.3) is 0 Å². The molecule has 18 heavy (non-hydrogen) atoms. The zero-order valence-electron chi connectivity index (χ0n) is 9.74. The van der Waals surface area contributed by atoms with Crippen molar-refractivity contribution in [3.63, 3.8) is 0 Å². The number of hydrogen-bond acceptors (Lipinski definition) is 4. The van der Waals surface area contributed by atoms with Gasteiger partial charge in [-0.2, -0.15) is 0 Å². The predicted molar refractivity (Wildman–Crippen MR) is 62.3 cm³/mol. The van der Waals surface area contributed by atoms with Crippen LogP contribution in [0, 0.1) is 5.92 Å². The Morgan fingerprint density at radius 3 is 2.72 bits per heavy atom. The lowest BCUT2D eigenvalue weighted by Crippen LogP contribution is -2.30. The molecule has 0 bridgehead atoms. The van der Waals surface area contributed by atoms with E-state index in [9.17, 15) is 9.59 Å². The molecule has 0 aliphatic carbocycles. The van der Waals surface area contributed by atoms with E-state index in [4.69, 9.17) is 10.2 Å². The van der Waals surface area contributed by atoms with Crippen LogP contribution in [0.5, 0.6) is 0 Å². The summed E-state index contributed by atoms with van der Waals surface area (Å²) in [6.45, 7) is 1.13. The van der Waals surface area contributed by atoms with Gasteiger partial charge in [-0.1, -0.05) is 6.07 Å². The van der Waals surface area contributed by atoms with Gasteiger partial charge in [-0.25, -0.2) is 9.78 Å². The van der Waals surface area contributed by atoms with E-state index in [1.165, 1.54) is 18.2 Å². The molecule has 1 aliphatic heterocycles. The quantitative estimate of drug-likeness (QED) is 0.801. The second-order valence-corrected chi connectivity index (χ2v) is 4.30. The summed E-state index contributed by atoms with van der Waals surface area (Å²) in [6.07, 6.45) is 0.765. The van der Waals surface area contributed by atoms with Crippen molar-refractivity contribution in [3.05, 3.63) is 29.6 Å². The Bertz CT molecular complexity index is 475. The monoisotopic (exact) mass is 250 g/mol. The lowest BCUT2D eigenvalue weighted by Gasteiger charge is -2.15. The molecule has 2 rings (SSSR count). The van der Waals surface area contributed by atoms with Gasteiger partial charge in [-0.15, -0.1) is 0 Å². The number of carboxylic acids is 1. The summed E-state index contributed by atoms with van der Waals surface area (Å²) in [5, 5.41) is 17.8. The number of aliphatic hydroxyl groups excluding tert-OH is 1. The molecule has 1 amide bonds. The molecule has 96 valence electrons. The van der Waals surface area contributed by atoms with E-state index in [1.54, 1.807) is 4.90 Å². The zero-order chi connectivity index (χ0) is 13.1. The van der Waals surface area contributed by atoms with E-state index in [0.717, 1.165) is 6.42 Å². The molecule has 1 aromatic heterocycles. The molecule has 6 heteroatoms. The molecule has 1 saturated heterocycles. The van der Waals surface area contributed by atoms with Gasteiger partial charge in [0.05, 0.1) is 0 Å². The average molecular weight is 250 g/mol. The highest BCUT2D eigenvalue weighted by molar-refractivity contribution is 5.94. The van der Waals surface area contributed by atoms with Crippen LogP contribution in [0.3, 0.4) is 0 Å². The maximum atomic E-state index is 12.1. The normalized spacial score (nSPS) is 18.9. The van der Waals surface area contributed by atoms with E-state index in [-0.39, 0.29) is 29.8 Å². The number of aliphatic hydroxyl groups is 1. The summed E-state index contributed by atoms with van der Waals surface area (Å²) < 4.78 is 0. The van der Waals surface area contributed by atoms with Crippen molar-refractivity contribution in [2.45, 2.75) is 6.42 Å². The number of carboxylic acid groups (broad SMARTS) is 1. The molecule has 2 N–H and O–H groups in total. The van der Waals surface area contributed by atoms with Crippen molar-refractivity contribution < 1.29 is 19.8 Å². The number of carbonyl (C=O) groups is 2. The lowest BCUT2D eigenvalue weighted by atomic mass is 10.1. The summed E-state index contributed by atoms with van der Waals surface area (Å²) in [7, 11) is 0. The fraction of sp³-hybridized carbons (Fsp3) is 0.417. The Kier molecular flexibility index (Phi) is 3.57. The first-order valence-corrected chi connectivity index (χ1v) is 5.72. The van der Waals surface area contributed by atoms with Gasteiger partial charge in [0, 0.05) is 25.6 Å². The van der Waals surface area contributed by atoms with E-state index in [0.29, 0.717) is 13.1 Å². The average Bonchev–Trinajstić information content (AvgIpc) is 2.86. The highest BCUT2D eigenvalue weighted by Crippen LogP contribution is 2.17. The summed E-state index contributed by atoms with van der Waals surface area (Å²) >= 11 is 0. The third-order valence-electron chi connectivity index (χ3n) is 3.02. The second-order valence-electron chi connectivity index (χ2n) is 4.30. The minimum atomic E-state index is -1.15. The van der Waals surface area contributed by atoms with Gasteiger partial charge >= 0.3 is 5.97 Å². The van der Waals surface area contributed by atoms with Gasteiger partial charge in [0.1, 0.15) is 11.4 Å². The summed E-state index contributed by atoms with van der Waals surface area (Å²) in [4.78, 5) is 28.3. The number of amides is 1. The molecule has 1 aliphatic rings. The fourth-order valence-electron chi connectivity index (χ4n) is 2.00. The topological polar surface area (TPSA) is 90.7 Å². The number of aromatic carboxylic acids is 1. The Balaban J connectivity index is 2.14. The standard InChI is InChI=1S/C12H14N2O4/c15-7-8-4-5-14(6-8)11(16)9-2-1-3-10(13-9)12(17)18/h1-3,8,15H,4-7H2,(H,17,18). The van der Waals surface area contributed by atoms with Crippen LogP contribution in [-0.4, -0.2) is 51.7 Å². The molecule has 0 saturated carbocycles. The molecular formula is C12H14N2O4. The minimum absolute atomic E-state index is 0.0619. The number of likely N-dealkylation sites (tertiary alicyclic amines) is 1. The van der Waals surface area contributed by atoms with Gasteiger partial charge < -0.3 is 15.1 Å². The molecule has 2 heterocycles.